The topological polar surface area (TPSA) is 71.5 Å². The molecule has 0 saturated carbocycles. The van der Waals surface area contributed by atoms with Crippen molar-refractivity contribution in [2.45, 2.75) is 26.2 Å². The summed E-state index contributed by atoms with van der Waals surface area (Å²) in [6.07, 6.45) is 2.24. The summed E-state index contributed by atoms with van der Waals surface area (Å²) in [6.45, 7) is 3.69. The van der Waals surface area contributed by atoms with Gasteiger partial charge in [0.15, 0.2) is 0 Å². The molecule has 6 nitrogen and oxygen atoms in total. The van der Waals surface area contributed by atoms with Crippen LogP contribution in [-0.2, 0) is 11.2 Å². The fraction of sp³-hybridized carbons (Fsp3) is 0.375. The lowest BCUT2D eigenvalue weighted by molar-refractivity contribution is -0.126. The van der Waals surface area contributed by atoms with Crippen LogP contribution in [0.5, 0.6) is 5.75 Å². The molecule has 4 rings (SSSR count). The number of hydrogen-bond acceptors (Lipinski definition) is 5. The first-order valence-corrected chi connectivity index (χ1v) is 11.5. The van der Waals surface area contributed by atoms with Crippen molar-refractivity contribution in [3.63, 3.8) is 0 Å². The first-order chi connectivity index (χ1) is 15.0. The third-order valence-electron chi connectivity index (χ3n) is 5.85. The van der Waals surface area contributed by atoms with Gasteiger partial charge in [0.2, 0.25) is 5.91 Å². The van der Waals surface area contributed by atoms with Crippen LogP contribution in [0.15, 0.2) is 41.8 Å². The van der Waals surface area contributed by atoms with Crippen LogP contribution in [0.3, 0.4) is 0 Å². The van der Waals surface area contributed by atoms with E-state index in [1.165, 1.54) is 4.88 Å². The number of carbonyl (C=O) groups is 2. The van der Waals surface area contributed by atoms with Crippen LogP contribution < -0.4 is 10.1 Å². The number of carbonyl (C=O) groups excluding carboxylic acids is 2. The van der Waals surface area contributed by atoms with E-state index in [4.69, 9.17) is 4.74 Å². The Kier molecular flexibility index (Phi) is 6.51. The van der Waals surface area contributed by atoms with Gasteiger partial charge in [-0.3, -0.25) is 14.6 Å². The van der Waals surface area contributed by atoms with E-state index in [0.717, 1.165) is 23.1 Å². The van der Waals surface area contributed by atoms with Gasteiger partial charge < -0.3 is 15.0 Å². The Bertz CT molecular complexity index is 1070. The lowest BCUT2D eigenvalue weighted by atomic mass is 9.95. The number of nitrogens with zero attached hydrogens (tertiary/aromatic N) is 2. The van der Waals surface area contributed by atoms with Gasteiger partial charge in [0.1, 0.15) is 5.75 Å². The fourth-order valence-electron chi connectivity index (χ4n) is 4.01. The van der Waals surface area contributed by atoms with Crippen molar-refractivity contribution in [2.75, 3.05) is 26.7 Å². The SMILES string of the molecule is COc1ccc2cc(C(=O)N3CCC(C(=O)NCCc4cccs4)CC3)c(C)nc2c1. The maximum absolute atomic E-state index is 13.1. The number of amides is 2. The number of rotatable bonds is 6. The normalized spacial score (nSPS) is 14.6. The van der Waals surface area contributed by atoms with Crippen molar-refractivity contribution in [3.05, 3.63) is 57.9 Å². The number of piperidine rings is 1. The summed E-state index contributed by atoms with van der Waals surface area (Å²) in [5, 5.41) is 6.01. The maximum Gasteiger partial charge on any atom is 0.255 e. The first-order valence-electron chi connectivity index (χ1n) is 10.6. The van der Waals surface area contributed by atoms with Crippen molar-refractivity contribution >= 4 is 34.1 Å². The molecule has 1 saturated heterocycles. The zero-order valence-corrected chi connectivity index (χ0v) is 18.7. The van der Waals surface area contributed by atoms with E-state index >= 15 is 0 Å². The Morgan fingerprint density at radius 2 is 2.03 bits per heavy atom. The van der Waals surface area contributed by atoms with E-state index in [0.29, 0.717) is 43.7 Å². The number of benzene rings is 1. The Labute approximate surface area is 186 Å². The van der Waals surface area contributed by atoms with Crippen molar-refractivity contribution in [2.24, 2.45) is 5.92 Å². The van der Waals surface area contributed by atoms with Gasteiger partial charge in [-0.15, -0.1) is 11.3 Å². The van der Waals surface area contributed by atoms with Crippen LogP contribution in [0.4, 0.5) is 0 Å². The molecular weight excluding hydrogens is 410 g/mol. The molecule has 1 aliphatic heterocycles. The van der Waals surface area contributed by atoms with E-state index in [2.05, 4.69) is 16.4 Å². The lowest BCUT2D eigenvalue weighted by Crippen LogP contribution is -2.43. The number of thiophene rings is 1. The zero-order chi connectivity index (χ0) is 21.8. The van der Waals surface area contributed by atoms with Gasteiger partial charge in [0, 0.05) is 41.9 Å². The molecule has 1 N–H and O–H groups in total. The molecule has 3 heterocycles. The molecule has 2 amide bonds. The Morgan fingerprint density at radius 3 is 2.74 bits per heavy atom. The van der Waals surface area contributed by atoms with Crippen LogP contribution in [0.25, 0.3) is 10.9 Å². The molecular formula is C24H27N3O3S. The Morgan fingerprint density at radius 1 is 1.23 bits per heavy atom. The van der Waals surface area contributed by atoms with Gasteiger partial charge in [0.05, 0.1) is 23.9 Å². The van der Waals surface area contributed by atoms with E-state index in [1.54, 1.807) is 18.4 Å². The molecule has 1 aromatic carbocycles. The number of hydrogen-bond donors (Lipinski definition) is 1. The highest BCUT2D eigenvalue weighted by molar-refractivity contribution is 7.09. The number of aryl methyl sites for hydroxylation is 1. The molecule has 0 unspecified atom stereocenters. The van der Waals surface area contributed by atoms with Crippen LogP contribution in [0.1, 0.15) is 33.8 Å². The second-order valence-electron chi connectivity index (χ2n) is 7.87. The third-order valence-corrected chi connectivity index (χ3v) is 6.79. The monoisotopic (exact) mass is 437 g/mol. The lowest BCUT2D eigenvalue weighted by Gasteiger charge is -2.31. The van der Waals surface area contributed by atoms with Gasteiger partial charge >= 0.3 is 0 Å². The summed E-state index contributed by atoms with van der Waals surface area (Å²) in [6, 6.07) is 11.7. The molecule has 7 heteroatoms. The van der Waals surface area contributed by atoms with Crippen LogP contribution in [0.2, 0.25) is 0 Å². The van der Waals surface area contributed by atoms with Crippen molar-refractivity contribution in [3.8, 4) is 5.75 Å². The van der Waals surface area contributed by atoms with Gasteiger partial charge in [-0.2, -0.15) is 0 Å². The third kappa shape index (κ3) is 4.88. The summed E-state index contributed by atoms with van der Waals surface area (Å²) in [5.41, 5.74) is 2.14. The van der Waals surface area contributed by atoms with E-state index in [1.807, 2.05) is 47.5 Å². The molecule has 0 spiro atoms. The van der Waals surface area contributed by atoms with Gasteiger partial charge in [0.25, 0.3) is 5.91 Å². The minimum Gasteiger partial charge on any atom is -0.497 e. The van der Waals surface area contributed by atoms with Crippen molar-refractivity contribution < 1.29 is 14.3 Å². The molecule has 0 atom stereocenters. The smallest absolute Gasteiger partial charge is 0.255 e. The van der Waals surface area contributed by atoms with E-state index in [9.17, 15) is 9.59 Å². The minimum absolute atomic E-state index is 0.0146. The molecule has 0 radical (unpaired) electrons. The van der Waals surface area contributed by atoms with Crippen LogP contribution in [-0.4, -0.2) is 48.4 Å². The largest absolute Gasteiger partial charge is 0.497 e. The molecule has 0 bridgehead atoms. The number of ether oxygens (including phenoxy) is 1. The van der Waals surface area contributed by atoms with Crippen molar-refractivity contribution in [1.82, 2.24) is 15.2 Å². The minimum atomic E-state index is -0.0318. The molecule has 0 aliphatic carbocycles. The maximum atomic E-state index is 13.1. The number of aromatic nitrogens is 1. The fourth-order valence-corrected chi connectivity index (χ4v) is 4.72. The average Bonchev–Trinajstić information content (AvgIpc) is 3.31. The standard InChI is InChI=1S/C24H27N3O3S/c1-16-21(14-18-5-6-19(30-2)15-22(18)26-16)24(29)27-11-8-17(9-12-27)23(28)25-10-7-20-4-3-13-31-20/h3-6,13-15,17H,7-12H2,1-2H3,(H,25,28). The number of methoxy groups -OCH3 is 1. The molecule has 162 valence electrons. The summed E-state index contributed by atoms with van der Waals surface area (Å²) < 4.78 is 5.26. The number of pyridine rings is 1. The predicted molar refractivity (Wildman–Crippen MR) is 123 cm³/mol. The number of fused-ring (bicyclic) bond motifs is 1. The van der Waals surface area contributed by atoms with Gasteiger partial charge in [-0.25, -0.2) is 0 Å². The highest BCUT2D eigenvalue weighted by atomic mass is 32.1. The molecule has 31 heavy (non-hydrogen) atoms. The average molecular weight is 438 g/mol. The summed E-state index contributed by atoms with van der Waals surface area (Å²) in [5.74, 6) is 0.797. The predicted octanol–water partition coefficient (Wildman–Crippen LogP) is 3.82. The molecule has 1 fully saturated rings. The first kappa shape index (κ1) is 21.3. The highest BCUT2D eigenvalue weighted by Gasteiger charge is 2.28. The van der Waals surface area contributed by atoms with Crippen LogP contribution >= 0.6 is 11.3 Å². The number of nitrogens with one attached hydrogen (secondary N) is 1. The number of likely N-dealkylation sites (tertiary alicyclic amines) is 1. The Balaban J connectivity index is 1.34. The second-order valence-corrected chi connectivity index (χ2v) is 8.90. The highest BCUT2D eigenvalue weighted by Crippen LogP contribution is 2.24. The van der Waals surface area contributed by atoms with Gasteiger partial charge in [-0.1, -0.05) is 6.07 Å². The van der Waals surface area contributed by atoms with E-state index in [-0.39, 0.29) is 17.7 Å². The molecule has 2 aromatic heterocycles. The van der Waals surface area contributed by atoms with Crippen LogP contribution in [0, 0.1) is 12.8 Å². The zero-order valence-electron chi connectivity index (χ0n) is 17.9. The summed E-state index contributed by atoms with van der Waals surface area (Å²) >= 11 is 1.71. The second kappa shape index (κ2) is 9.47. The van der Waals surface area contributed by atoms with E-state index < -0.39 is 0 Å². The summed E-state index contributed by atoms with van der Waals surface area (Å²) in [7, 11) is 1.62. The van der Waals surface area contributed by atoms with Gasteiger partial charge in [-0.05, 0) is 55.8 Å². The quantitative estimate of drug-likeness (QED) is 0.636. The van der Waals surface area contributed by atoms with Crippen molar-refractivity contribution in [1.29, 1.82) is 0 Å². The summed E-state index contributed by atoms with van der Waals surface area (Å²) in [4.78, 5) is 33.3. The molecule has 3 aromatic rings. The molecule has 1 aliphatic rings. The Hall–Kier alpha value is -2.93.